The fourth-order valence-corrected chi connectivity index (χ4v) is 1.79. The molecule has 2 rings (SSSR count). The van der Waals surface area contributed by atoms with Crippen LogP contribution in [0.25, 0.3) is 0 Å². The van der Waals surface area contributed by atoms with Crippen molar-refractivity contribution in [2.75, 3.05) is 0 Å². The average molecular weight is 280 g/mol. The molecule has 3 heteroatoms. The van der Waals surface area contributed by atoms with Crippen LogP contribution in [0, 0.1) is 6.92 Å². The van der Waals surface area contributed by atoms with E-state index in [0.29, 0.717) is 11.1 Å². The van der Waals surface area contributed by atoms with Crippen molar-refractivity contribution in [3.63, 3.8) is 0 Å². The zero-order chi connectivity index (χ0) is 15.2. The van der Waals surface area contributed by atoms with Crippen LogP contribution in [0.4, 0.5) is 0 Å². The molecule has 0 fully saturated rings. The molecule has 0 aromatic heterocycles. The smallest absolute Gasteiger partial charge is 0.343 e. The van der Waals surface area contributed by atoms with Crippen molar-refractivity contribution < 1.29 is 14.3 Å². The molecule has 0 bridgehead atoms. The van der Waals surface area contributed by atoms with Crippen molar-refractivity contribution in [2.45, 2.75) is 13.8 Å². The summed E-state index contributed by atoms with van der Waals surface area (Å²) in [4.78, 5) is 23.9. The molecule has 0 aliphatic carbocycles. The summed E-state index contributed by atoms with van der Waals surface area (Å²) >= 11 is 0. The first-order valence-corrected chi connectivity index (χ1v) is 6.63. The number of carbonyl (C=O) groups is 2. The van der Waals surface area contributed by atoms with E-state index in [2.05, 4.69) is 0 Å². The summed E-state index contributed by atoms with van der Waals surface area (Å²) in [7, 11) is 0. The van der Waals surface area contributed by atoms with Gasteiger partial charge in [0.25, 0.3) is 0 Å². The van der Waals surface area contributed by atoms with Gasteiger partial charge in [-0.05, 0) is 26.0 Å². The van der Waals surface area contributed by atoms with Gasteiger partial charge >= 0.3 is 5.97 Å². The summed E-state index contributed by atoms with van der Waals surface area (Å²) < 4.78 is 5.17. The van der Waals surface area contributed by atoms with Crippen LogP contribution in [0.1, 0.15) is 33.2 Å². The van der Waals surface area contributed by atoms with Gasteiger partial charge < -0.3 is 4.74 Å². The number of benzene rings is 2. The molecule has 0 heterocycles. The topological polar surface area (TPSA) is 43.4 Å². The highest BCUT2D eigenvalue weighted by molar-refractivity contribution is 6.05. The maximum atomic E-state index is 12.0. The maximum absolute atomic E-state index is 12.0. The van der Waals surface area contributed by atoms with Crippen LogP contribution in [-0.4, -0.2) is 11.8 Å². The number of rotatable bonds is 4. The number of ketones is 1. The lowest BCUT2D eigenvalue weighted by atomic mass is 10.1. The molecule has 0 atom stereocenters. The molecule has 2 aromatic rings. The third-order valence-electron chi connectivity index (χ3n) is 2.93. The first kappa shape index (κ1) is 14.7. The summed E-state index contributed by atoms with van der Waals surface area (Å²) in [6, 6.07) is 15.9. The minimum Gasteiger partial charge on any atom is -0.428 e. The van der Waals surface area contributed by atoms with E-state index in [1.54, 1.807) is 43.3 Å². The summed E-state index contributed by atoms with van der Waals surface area (Å²) in [5.74, 6) is -0.385. The van der Waals surface area contributed by atoms with Crippen LogP contribution in [0.15, 0.2) is 66.4 Å². The van der Waals surface area contributed by atoms with Crippen molar-refractivity contribution in [3.8, 4) is 0 Å². The normalized spacial score (nSPS) is 11.0. The number of carbonyl (C=O) groups excluding carboxylic acids is 2. The Hall–Kier alpha value is -2.68. The Morgan fingerprint density at radius 3 is 2.14 bits per heavy atom. The fourth-order valence-electron chi connectivity index (χ4n) is 1.79. The number of esters is 1. The summed E-state index contributed by atoms with van der Waals surface area (Å²) in [6.07, 6.45) is 1.32. The van der Waals surface area contributed by atoms with Gasteiger partial charge in [-0.15, -0.1) is 0 Å². The van der Waals surface area contributed by atoms with Crippen molar-refractivity contribution in [1.29, 1.82) is 0 Å². The van der Waals surface area contributed by atoms with E-state index in [4.69, 9.17) is 4.74 Å². The minimum absolute atomic E-state index is 0.190. The molecular weight excluding hydrogens is 264 g/mol. The second-order valence-corrected chi connectivity index (χ2v) is 4.74. The second-order valence-electron chi connectivity index (χ2n) is 4.74. The quantitative estimate of drug-likeness (QED) is 0.369. The largest absolute Gasteiger partial charge is 0.428 e. The van der Waals surface area contributed by atoms with Crippen molar-refractivity contribution in [2.24, 2.45) is 0 Å². The van der Waals surface area contributed by atoms with Crippen molar-refractivity contribution in [3.05, 3.63) is 83.1 Å². The molecule has 0 spiro atoms. The zero-order valence-electron chi connectivity index (χ0n) is 12.0. The SMILES string of the molecule is C/C(=C\C(=O)c1ccccc1)OC(=O)c1ccc(C)cc1. The third kappa shape index (κ3) is 4.14. The summed E-state index contributed by atoms with van der Waals surface area (Å²) in [6.45, 7) is 3.53. The van der Waals surface area contributed by atoms with E-state index in [1.807, 2.05) is 25.1 Å². The Morgan fingerprint density at radius 2 is 1.52 bits per heavy atom. The zero-order valence-corrected chi connectivity index (χ0v) is 12.0. The van der Waals surface area contributed by atoms with Crippen LogP contribution in [-0.2, 0) is 4.74 Å². The van der Waals surface area contributed by atoms with Crippen LogP contribution < -0.4 is 0 Å². The van der Waals surface area contributed by atoms with E-state index < -0.39 is 5.97 Å². The van der Waals surface area contributed by atoms with Crippen LogP contribution >= 0.6 is 0 Å². The average Bonchev–Trinajstić information content (AvgIpc) is 2.48. The van der Waals surface area contributed by atoms with E-state index in [0.717, 1.165) is 5.56 Å². The summed E-state index contributed by atoms with van der Waals surface area (Å²) in [5.41, 5.74) is 2.09. The standard InChI is InChI=1S/C18H16O3/c1-13-8-10-16(11-9-13)18(20)21-14(2)12-17(19)15-6-4-3-5-7-15/h3-12H,1-2H3/b14-12+. The van der Waals surface area contributed by atoms with Gasteiger partial charge in [0.2, 0.25) is 0 Å². The minimum atomic E-state index is -0.468. The van der Waals surface area contributed by atoms with Crippen LogP contribution in [0.2, 0.25) is 0 Å². The Morgan fingerprint density at radius 1 is 0.905 bits per heavy atom. The Balaban J connectivity index is 2.05. The van der Waals surface area contributed by atoms with Gasteiger partial charge in [0.15, 0.2) is 5.78 Å². The van der Waals surface area contributed by atoms with Gasteiger partial charge in [0.1, 0.15) is 5.76 Å². The molecule has 3 nitrogen and oxygen atoms in total. The Labute approximate surface area is 123 Å². The van der Waals surface area contributed by atoms with Gasteiger partial charge in [-0.1, -0.05) is 48.0 Å². The van der Waals surface area contributed by atoms with Gasteiger partial charge in [-0.3, -0.25) is 4.79 Å². The lowest BCUT2D eigenvalue weighted by Crippen LogP contribution is -2.05. The van der Waals surface area contributed by atoms with E-state index in [-0.39, 0.29) is 11.5 Å². The Bertz CT molecular complexity index is 667. The van der Waals surface area contributed by atoms with E-state index in [1.165, 1.54) is 6.08 Å². The predicted molar refractivity (Wildman–Crippen MR) is 81.1 cm³/mol. The van der Waals surface area contributed by atoms with Crippen molar-refractivity contribution in [1.82, 2.24) is 0 Å². The van der Waals surface area contributed by atoms with Gasteiger partial charge in [-0.25, -0.2) is 4.79 Å². The summed E-state index contributed by atoms with van der Waals surface area (Å²) in [5, 5.41) is 0. The van der Waals surface area contributed by atoms with E-state index in [9.17, 15) is 9.59 Å². The highest BCUT2D eigenvalue weighted by atomic mass is 16.5. The second kappa shape index (κ2) is 6.66. The van der Waals surface area contributed by atoms with Gasteiger partial charge in [-0.2, -0.15) is 0 Å². The molecule has 0 amide bonds. The molecule has 0 aliphatic heterocycles. The molecule has 0 unspecified atom stereocenters. The highest BCUT2D eigenvalue weighted by Gasteiger charge is 2.09. The predicted octanol–water partition coefficient (Wildman–Crippen LogP) is 3.94. The Kier molecular flexibility index (Phi) is 4.67. The molecule has 0 radical (unpaired) electrons. The first-order chi connectivity index (χ1) is 10.1. The number of hydrogen-bond acceptors (Lipinski definition) is 3. The van der Waals surface area contributed by atoms with Gasteiger partial charge in [0.05, 0.1) is 5.56 Å². The molecule has 0 N–H and O–H groups in total. The number of allylic oxidation sites excluding steroid dienone is 2. The monoisotopic (exact) mass is 280 g/mol. The van der Waals surface area contributed by atoms with Crippen LogP contribution in [0.5, 0.6) is 0 Å². The molecule has 106 valence electrons. The molecule has 0 saturated heterocycles. The molecule has 0 aliphatic rings. The van der Waals surface area contributed by atoms with Crippen molar-refractivity contribution >= 4 is 11.8 Å². The highest BCUT2D eigenvalue weighted by Crippen LogP contribution is 2.09. The lowest BCUT2D eigenvalue weighted by Gasteiger charge is -2.04. The van der Waals surface area contributed by atoms with E-state index >= 15 is 0 Å². The number of ether oxygens (including phenoxy) is 1. The number of aryl methyl sites for hydroxylation is 1. The lowest BCUT2D eigenvalue weighted by molar-refractivity contribution is 0.0625. The maximum Gasteiger partial charge on any atom is 0.343 e. The fraction of sp³-hybridized carbons (Fsp3) is 0.111. The third-order valence-corrected chi connectivity index (χ3v) is 2.93. The molecular formula is C18H16O3. The molecule has 21 heavy (non-hydrogen) atoms. The van der Waals surface area contributed by atoms with Gasteiger partial charge in [0, 0.05) is 11.6 Å². The first-order valence-electron chi connectivity index (χ1n) is 6.63. The molecule has 2 aromatic carbocycles. The van der Waals surface area contributed by atoms with Crippen LogP contribution in [0.3, 0.4) is 0 Å². The molecule has 0 saturated carbocycles. The number of hydrogen-bond donors (Lipinski definition) is 0.